The molecule has 0 saturated carbocycles. The molecule has 0 aliphatic rings. The number of benzene rings is 2. The average molecular weight is 290 g/mol. The molecule has 3 heteroatoms. The van der Waals surface area contributed by atoms with Gasteiger partial charge in [-0.1, -0.05) is 48.5 Å². The van der Waals surface area contributed by atoms with E-state index < -0.39 is 0 Å². The van der Waals surface area contributed by atoms with E-state index in [2.05, 4.69) is 30.4 Å². The van der Waals surface area contributed by atoms with Crippen LogP contribution in [0.5, 0.6) is 5.75 Å². The SMILES string of the molecule is COc1ccccc1CNC(C)(CCl)c1ccccc1. The molecule has 0 aromatic heterocycles. The lowest BCUT2D eigenvalue weighted by Gasteiger charge is -2.29. The zero-order valence-electron chi connectivity index (χ0n) is 11.9. The van der Waals surface area contributed by atoms with Gasteiger partial charge in [-0.25, -0.2) is 0 Å². The van der Waals surface area contributed by atoms with E-state index in [1.54, 1.807) is 7.11 Å². The maximum absolute atomic E-state index is 6.19. The zero-order valence-corrected chi connectivity index (χ0v) is 12.7. The predicted octanol–water partition coefficient (Wildman–Crippen LogP) is 3.94. The van der Waals surface area contributed by atoms with Crippen LogP contribution in [0.4, 0.5) is 0 Å². The molecule has 0 radical (unpaired) electrons. The van der Waals surface area contributed by atoms with E-state index in [4.69, 9.17) is 16.3 Å². The molecular weight excluding hydrogens is 270 g/mol. The molecule has 2 aromatic carbocycles. The molecule has 20 heavy (non-hydrogen) atoms. The summed E-state index contributed by atoms with van der Waals surface area (Å²) < 4.78 is 5.38. The fourth-order valence-electron chi connectivity index (χ4n) is 2.17. The van der Waals surface area contributed by atoms with Crippen LogP contribution in [-0.4, -0.2) is 13.0 Å². The molecule has 1 atom stereocenters. The molecular formula is C17H20ClNO. The van der Waals surface area contributed by atoms with Crippen LogP contribution in [-0.2, 0) is 12.1 Å². The third kappa shape index (κ3) is 3.33. The van der Waals surface area contributed by atoms with Gasteiger partial charge in [0.05, 0.1) is 12.6 Å². The molecule has 0 spiro atoms. The molecule has 0 heterocycles. The Morgan fingerprint density at radius 2 is 1.70 bits per heavy atom. The molecule has 2 nitrogen and oxygen atoms in total. The second-order valence-corrected chi connectivity index (χ2v) is 5.26. The third-order valence-corrected chi connectivity index (χ3v) is 4.07. The molecule has 0 fully saturated rings. The largest absolute Gasteiger partial charge is 0.496 e. The molecule has 2 rings (SSSR count). The molecule has 1 N–H and O–H groups in total. The van der Waals surface area contributed by atoms with Crippen LogP contribution >= 0.6 is 11.6 Å². The van der Waals surface area contributed by atoms with Crippen molar-refractivity contribution < 1.29 is 4.74 Å². The van der Waals surface area contributed by atoms with E-state index in [-0.39, 0.29) is 5.54 Å². The molecule has 0 aliphatic heterocycles. The monoisotopic (exact) mass is 289 g/mol. The summed E-state index contributed by atoms with van der Waals surface area (Å²) in [5.74, 6) is 1.40. The molecule has 0 saturated heterocycles. The quantitative estimate of drug-likeness (QED) is 0.813. The molecule has 1 unspecified atom stereocenters. The van der Waals surface area contributed by atoms with Crippen molar-refractivity contribution in [2.24, 2.45) is 0 Å². The lowest BCUT2D eigenvalue weighted by Crippen LogP contribution is -2.40. The Balaban J connectivity index is 2.15. The van der Waals surface area contributed by atoms with Gasteiger partial charge >= 0.3 is 0 Å². The summed E-state index contributed by atoms with van der Waals surface area (Å²) >= 11 is 6.19. The minimum atomic E-state index is -0.260. The Morgan fingerprint density at radius 1 is 1.05 bits per heavy atom. The van der Waals surface area contributed by atoms with Crippen LogP contribution in [0.2, 0.25) is 0 Å². The van der Waals surface area contributed by atoms with Crippen molar-refractivity contribution in [1.29, 1.82) is 0 Å². The highest BCUT2D eigenvalue weighted by Gasteiger charge is 2.24. The molecule has 0 amide bonds. The minimum absolute atomic E-state index is 0.260. The third-order valence-electron chi connectivity index (χ3n) is 3.54. The van der Waals surface area contributed by atoms with E-state index in [0.29, 0.717) is 12.4 Å². The van der Waals surface area contributed by atoms with E-state index >= 15 is 0 Å². The number of para-hydroxylation sites is 1. The number of hydrogen-bond donors (Lipinski definition) is 1. The summed E-state index contributed by atoms with van der Waals surface area (Å²) in [5.41, 5.74) is 2.05. The second-order valence-electron chi connectivity index (χ2n) is 5.00. The Hall–Kier alpha value is -1.51. The van der Waals surface area contributed by atoms with Gasteiger partial charge in [-0.15, -0.1) is 11.6 Å². The molecule has 2 aromatic rings. The Morgan fingerprint density at radius 3 is 2.35 bits per heavy atom. The van der Waals surface area contributed by atoms with Crippen LogP contribution in [0, 0.1) is 0 Å². The minimum Gasteiger partial charge on any atom is -0.496 e. The highest BCUT2D eigenvalue weighted by molar-refractivity contribution is 6.18. The summed E-state index contributed by atoms with van der Waals surface area (Å²) in [6.45, 7) is 2.83. The first-order valence-electron chi connectivity index (χ1n) is 6.68. The Kier molecular flexibility index (Phi) is 5.05. The smallest absolute Gasteiger partial charge is 0.123 e. The van der Waals surface area contributed by atoms with Gasteiger partial charge in [-0.2, -0.15) is 0 Å². The van der Waals surface area contributed by atoms with Crippen molar-refractivity contribution in [2.75, 3.05) is 13.0 Å². The van der Waals surface area contributed by atoms with Gasteiger partial charge in [0.2, 0.25) is 0 Å². The molecule has 106 valence electrons. The first-order valence-corrected chi connectivity index (χ1v) is 7.21. The lowest BCUT2D eigenvalue weighted by molar-refractivity contribution is 0.384. The van der Waals surface area contributed by atoms with Crippen LogP contribution in [0.3, 0.4) is 0 Å². The first-order chi connectivity index (χ1) is 9.69. The van der Waals surface area contributed by atoms with Gasteiger partial charge in [0.15, 0.2) is 0 Å². The second kappa shape index (κ2) is 6.78. The van der Waals surface area contributed by atoms with Gasteiger partial charge in [0.1, 0.15) is 5.75 Å². The number of halogens is 1. The summed E-state index contributed by atoms with van der Waals surface area (Å²) in [5, 5.41) is 3.54. The number of methoxy groups -OCH3 is 1. The van der Waals surface area contributed by atoms with Crippen molar-refractivity contribution in [3.05, 3.63) is 65.7 Å². The van der Waals surface area contributed by atoms with Gasteiger partial charge in [-0.05, 0) is 18.6 Å². The van der Waals surface area contributed by atoms with Crippen molar-refractivity contribution >= 4 is 11.6 Å². The predicted molar refractivity (Wildman–Crippen MR) is 84.3 cm³/mol. The maximum atomic E-state index is 6.19. The number of rotatable bonds is 6. The van der Waals surface area contributed by atoms with E-state index in [9.17, 15) is 0 Å². The van der Waals surface area contributed by atoms with Crippen LogP contribution in [0.15, 0.2) is 54.6 Å². The van der Waals surface area contributed by atoms with E-state index in [1.165, 1.54) is 5.56 Å². The van der Waals surface area contributed by atoms with E-state index in [0.717, 1.165) is 11.3 Å². The van der Waals surface area contributed by atoms with Gasteiger partial charge < -0.3 is 10.1 Å². The highest BCUT2D eigenvalue weighted by atomic mass is 35.5. The highest BCUT2D eigenvalue weighted by Crippen LogP contribution is 2.24. The lowest BCUT2D eigenvalue weighted by atomic mass is 9.93. The Bertz CT molecular complexity index is 544. The summed E-state index contributed by atoms with van der Waals surface area (Å²) in [7, 11) is 1.69. The number of nitrogens with one attached hydrogen (secondary N) is 1. The van der Waals surface area contributed by atoms with Crippen LogP contribution < -0.4 is 10.1 Å². The fraction of sp³-hybridized carbons (Fsp3) is 0.294. The zero-order chi connectivity index (χ0) is 14.4. The van der Waals surface area contributed by atoms with Gasteiger partial charge in [0, 0.05) is 18.0 Å². The normalized spacial score (nSPS) is 13.8. The number of alkyl halides is 1. The Labute approximate surface area is 125 Å². The first kappa shape index (κ1) is 14.9. The maximum Gasteiger partial charge on any atom is 0.123 e. The van der Waals surface area contributed by atoms with Crippen molar-refractivity contribution in [3.63, 3.8) is 0 Å². The van der Waals surface area contributed by atoms with Gasteiger partial charge in [-0.3, -0.25) is 0 Å². The van der Waals surface area contributed by atoms with Crippen LogP contribution in [0.25, 0.3) is 0 Å². The van der Waals surface area contributed by atoms with Crippen molar-refractivity contribution in [3.8, 4) is 5.75 Å². The molecule has 0 bridgehead atoms. The van der Waals surface area contributed by atoms with Gasteiger partial charge in [0.25, 0.3) is 0 Å². The van der Waals surface area contributed by atoms with Crippen molar-refractivity contribution in [1.82, 2.24) is 5.32 Å². The summed E-state index contributed by atoms with van der Waals surface area (Å²) in [6.07, 6.45) is 0. The fourth-order valence-corrected chi connectivity index (χ4v) is 2.42. The molecule has 0 aliphatic carbocycles. The van der Waals surface area contributed by atoms with Crippen LogP contribution in [0.1, 0.15) is 18.1 Å². The number of ether oxygens (including phenoxy) is 1. The summed E-state index contributed by atoms with van der Waals surface area (Å²) in [6, 6.07) is 18.3. The topological polar surface area (TPSA) is 21.3 Å². The van der Waals surface area contributed by atoms with E-state index in [1.807, 2.05) is 36.4 Å². The average Bonchev–Trinajstić information content (AvgIpc) is 2.53. The van der Waals surface area contributed by atoms with Crippen molar-refractivity contribution in [2.45, 2.75) is 19.0 Å². The standard InChI is InChI=1S/C17H20ClNO/c1-17(13-18,15-9-4-3-5-10-15)19-12-14-8-6-7-11-16(14)20-2/h3-11,19H,12-13H2,1-2H3. The number of hydrogen-bond acceptors (Lipinski definition) is 2. The summed E-state index contributed by atoms with van der Waals surface area (Å²) in [4.78, 5) is 0.